The van der Waals surface area contributed by atoms with Crippen molar-refractivity contribution in [1.29, 1.82) is 0 Å². The Hall–Kier alpha value is -0.850. The molecule has 1 N–H and O–H groups in total. The fraction of sp³-hybridized carbons (Fsp3) is 0.727. The highest BCUT2D eigenvalue weighted by atomic mass is 35.5. The molecule has 1 aromatic carbocycles. The van der Waals surface area contributed by atoms with E-state index in [1.165, 1.54) is 25.7 Å². The molecule has 0 aliphatic carbocycles. The third-order valence-corrected chi connectivity index (χ3v) is 6.12. The largest absolute Gasteiger partial charge is 0.491 e. The van der Waals surface area contributed by atoms with Gasteiger partial charge in [-0.25, -0.2) is 0 Å². The zero-order valence-corrected chi connectivity index (χ0v) is 17.9. The van der Waals surface area contributed by atoms with Crippen LogP contribution >= 0.6 is 11.6 Å². The number of ether oxygens (including phenoxy) is 2. The van der Waals surface area contributed by atoms with Gasteiger partial charge in [0.25, 0.3) is 0 Å². The van der Waals surface area contributed by atoms with Gasteiger partial charge in [-0.2, -0.15) is 0 Å². The molecule has 158 valence electrons. The number of benzene rings is 1. The quantitative estimate of drug-likeness (QED) is 0.709. The Morgan fingerprint density at radius 2 is 1.79 bits per heavy atom. The molecule has 6 heteroatoms. The first kappa shape index (κ1) is 21.8. The van der Waals surface area contributed by atoms with E-state index in [1.807, 2.05) is 18.2 Å². The van der Waals surface area contributed by atoms with E-state index >= 15 is 0 Å². The van der Waals surface area contributed by atoms with Crippen LogP contribution in [-0.2, 0) is 11.3 Å². The monoisotopic (exact) mass is 410 g/mol. The van der Waals surface area contributed by atoms with Crippen molar-refractivity contribution in [3.63, 3.8) is 0 Å². The molecule has 2 fully saturated rings. The van der Waals surface area contributed by atoms with Gasteiger partial charge in [-0.15, -0.1) is 0 Å². The number of hydrogen-bond donors (Lipinski definition) is 1. The van der Waals surface area contributed by atoms with E-state index in [2.05, 4.69) is 9.80 Å². The van der Waals surface area contributed by atoms with Crippen LogP contribution in [0.5, 0.6) is 5.75 Å². The van der Waals surface area contributed by atoms with Gasteiger partial charge in [0.05, 0.1) is 6.10 Å². The first-order valence-electron chi connectivity index (χ1n) is 10.7. The molecule has 2 aliphatic heterocycles. The molecule has 2 aliphatic rings. The van der Waals surface area contributed by atoms with Crippen LogP contribution in [0.4, 0.5) is 0 Å². The van der Waals surface area contributed by atoms with Crippen LogP contribution in [0.1, 0.15) is 44.1 Å². The maximum absolute atomic E-state index is 10.5. The molecular formula is C22H35ClN2O3. The summed E-state index contributed by atoms with van der Waals surface area (Å²) in [6.07, 6.45) is 7.09. The number of likely N-dealkylation sites (tertiary alicyclic amines) is 2. The second kappa shape index (κ2) is 11.4. The molecule has 3 rings (SSSR count). The predicted molar refractivity (Wildman–Crippen MR) is 113 cm³/mol. The summed E-state index contributed by atoms with van der Waals surface area (Å²) in [5.41, 5.74) is 1.09. The lowest BCUT2D eigenvalue weighted by atomic mass is 10.1. The minimum absolute atomic E-state index is 0.316. The molecule has 2 heterocycles. The van der Waals surface area contributed by atoms with Crippen LogP contribution in [-0.4, -0.2) is 73.6 Å². The van der Waals surface area contributed by atoms with Crippen molar-refractivity contribution in [2.75, 3.05) is 46.4 Å². The maximum Gasteiger partial charge on any atom is 0.124 e. The molecule has 0 bridgehead atoms. The van der Waals surface area contributed by atoms with E-state index in [1.54, 1.807) is 7.11 Å². The molecule has 0 spiro atoms. The molecule has 2 saturated heterocycles. The fourth-order valence-corrected chi connectivity index (χ4v) is 4.41. The molecule has 0 radical (unpaired) electrons. The maximum atomic E-state index is 10.5. The molecule has 0 saturated carbocycles. The number of methoxy groups -OCH3 is 1. The molecule has 0 aromatic heterocycles. The predicted octanol–water partition coefficient (Wildman–Crippen LogP) is 3.57. The normalized spacial score (nSPS) is 21.4. The molecule has 0 amide bonds. The summed E-state index contributed by atoms with van der Waals surface area (Å²) in [5.74, 6) is 0.827. The van der Waals surface area contributed by atoms with Gasteiger partial charge in [0.1, 0.15) is 18.5 Å². The lowest BCUT2D eigenvalue weighted by Gasteiger charge is -2.31. The highest BCUT2D eigenvalue weighted by molar-refractivity contribution is 6.30. The van der Waals surface area contributed by atoms with Gasteiger partial charge in [0, 0.05) is 43.9 Å². The van der Waals surface area contributed by atoms with Crippen molar-refractivity contribution in [1.82, 2.24) is 9.80 Å². The zero-order valence-electron chi connectivity index (χ0n) is 17.1. The van der Waals surface area contributed by atoms with Gasteiger partial charge in [-0.05, 0) is 57.0 Å². The Morgan fingerprint density at radius 3 is 2.46 bits per heavy atom. The van der Waals surface area contributed by atoms with Gasteiger partial charge in [0.2, 0.25) is 0 Å². The van der Waals surface area contributed by atoms with E-state index in [0.717, 1.165) is 61.9 Å². The van der Waals surface area contributed by atoms with E-state index < -0.39 is 6.10 Å². The van der Waals surface area contributed by atoms with E-state index in [-0.39, 0.29) is 0 Å². The van der Waals surface area contributed by atoms with Crippen LogP contribution in [0.15, 0.2) is 18.2 Å². The highest BCUT2D eigenvalue weighted by Crippen LogP contribution is 2.26. The smallest absolute Gasteiger partial charge is 0.124 e. The van der Waals surface area contributed by atoms with Crippen LogP contribution in [0.3, 0.4) is 0 Å². The summed E-state index contributed by atoms with van der Waals surface area (Å²) in [6.45, 7) is 6.02. The third kappa shape index (κ3) is 6.89. The summed E-state index contributed by atoms with van der Waals surface area (Å²) >= 11 is 6.24. The van der Waals surface area contributed by atoms with E-state index in [0.29, 0.717) is 19.3 Å². The summed E-state index contributed by atoms with van der Waals surface area (Å²) in [6, 6.07) is 5.78. The van der Waals surface area contributed by atoms with Crippen LogP contribution in [0.2, 0.25) is 5.02 Å². The van der Waals surface area contributed by atoms with Crippen molar-refractivity contribution in [3.8, 4) is 5.75 Å². The Bertz CT molecular complexity index is 585. The summed E-state index contributed by atoms with van der Waals surface area (Å²) in [7, 11) is 1.79. The Balaban J connectivity index is 1.51. The number of hydrogen-bond acceptors (Lipinski definition) is 5. The Labute approximate surface area is 174 Å². The fourth-order valence-electron chi connectivity index (χ4n) is 4.21. The standard InChI is InChI=1S/C22H35ClN2O3/c1-27-21-8-12-25(13-9-21)15-18-14-19(23)6-7-22(18)28-17-20(26)16-24-10-4-2-3-5-11-24/h6-7,14,20-21,26H,2-5,8-13,15-17H2,1H3/t20-/m0/s1. The SMILES string of the molecule is COC1CCN(Cc2cc(Cl)ccc2OC[C@@H](O)CN2CCCCCC2)CC1. The van der Waals surface area contributed by atoms with Crippen LogP contribution in [0, 0.1) is 0 Å². The van der Waals surface area contributed by atoms with Gasteiger partial charge in [0.15, 0.2) is 0 Å². The van der Waals surface area contributed by atoms with Crippen molar-refractivity contribution in [2.24, 2.45) is 0 Å². The van der Waals surface area contributed by atoms with Crippen molar-refractivity contribution in [2.45, 2.75) is 57.3 Å². The highest BCUT2D eigenvalue weighted by Gasteiger charge is 2.20. The number of aliphatic hydroxyl groups is 1. The van der Waals surface area contributed by atoms with Gasteiger partial charge in [-0.1, -0.05) is 24.4 Å². The van der Waals surface area contributed by atoms with Crippen LogP contribution in [0.25, 0.3) is 0 Å². The Kier molecular flexibility index (Phi) is 8.87. The minimum atomic E-state index is -0.473. The molecule has 28 heavy (non-hydrogen) atoms. The minimum Gasteiger partial charge on any atom is -0.491 e. The summed E-state index contributed by atoms with van der Waals surface area (Å²) < 4.78 is 11.5. The second-order valence-electron chi connectivity index (χ2n) is 8.14. The average molecular weight is 411 g/mol. The molecule has 0 unspecified atom stereocenters. The number of β-amino-alcohol motifs (C(OH)–C–C–N with tert-alkyl or cyclic N) is 1. The second-order valence-corrected chi connectivity index (χ2v) is 8.58. The average Bonchev–Trinajstić information content (AvgIpc) is 2.96. The van der Waals surface area contributed by atoms with Gasteiger partial charge < -0.3 is 19.5 Å². The first-order chi connectivity index (χ1) is 13.6. The lowest BCUT2D eigenvalue weighted by Crippen LogP contribution is -2.37. The van der Waals surface area contributed by atoms with Crippen molar-refractivity contribution < 1.29 is 14.6 Å². The number of piperidine rings is 1. The van der Waals surface area contributed by atoms with Gasteiger partial charge >= 0.3 is 0 Å². The number of aliphatic hydroxyl groups excluding tert-OH is 1. The van der Waals surface area contributed by atoms with Gasteiger partial charge in [-0.3, -0.25) is 4.90 Å². The Morgan fingerprint density at radius 1 is 1.07 bits per heavy atom. The molecule has 5 nitrogen and oxygen atoms in total. The first-order valence-corrected chi connectivity index (χ1v) is 11.1. The van der Waals surface area contributed by atoms with Crippen molar-refractivity contribution in [3.05, 3.63) is 28.8 Å². The molecule has 1 atom stereocenters. The number of halogens is 1. The number of rotatable bonds is 8. The molecular weight excluding hydrogens is 376 g/mol. The van der Waals surface area contributed by atoms with E-state index in [9.17, 15) is 5.11 Å². The van der Waals surface area contributed by atoms with Crippen molar-refractivity contribution >= 4 is 11.6 Å². The van der Waals surface area contributed by atoms with E-state index in [4.69, 9.17) is 21.1 Å². The zero-order chi connectivity index (χ0) is 19.8. The third-order valence-electron chi connectivity index (χ3n) is 5.88. The summed E-state index contributed by atoms with van der Waals surface area (Å²) in [4.78, 5) is 4.78. The number of nitrogens with zero attached hydrogens (tertiary/aromatic N) is 2. The lowest BCUT2D eigenvalue weighted by molar-refractivity contribution is 0.0382. The molecule has 1 aromatic rings. The topological polar surface area (TPSA) is 45.2 Å². The summed E-state index contributed by atoms with van der Waals surface area (Å²) in [5, 5.41) is 11.2. The van der Waals surface area contributed by atoms with Crippen LogP contribution < -0.4 is 4.74 Å².